The Kier molecular flexibility index (Phi) is 7.25. The van der Waals surface area contributed by atoms with Crippen LogP contribution in [0.15, 0.2) is 18.2 Å². The van der Waals surface area contributed by atoms with E-state index in [1.54, 1.807) is 18.7 Å². The van der Waals surface area contributed by atoms with Crippen molar-refractivity contribution in [1.29, 1.82) is 0 Å². The van der Waals surface area contributed by atoms with Gasteiger partial charge in [-0.15, -0.1) is 0 Å². The molecule has 126 valence electrons. The summed E-state index contributed by atoms with van der Waals surface area (Å²) in [5.74, 6) is -1.40. The molecule has 0 radical (unpaired) electrons. The first-order chi connectivity index (χ1) is 11.0. The summed E-state index contributed by atoms with van der Waals surface area (Å²) >= 11 is 0. The summed E-state index contributed by atoms with van der Waals surface area (Å²) in [7, 11) is 0. The maximum Gasteiger partial charge on any atom is 0.338 e. The van der Waals surface area contributed by atoms with Gasteiger partial charge in [0.2, 0.25) is 0 Å². The van der Waals surface area contributed by atoms with Crippen LogP contribution < -0.4 is 0 Å². The minimum absolute atomic E-state index is 0.160. The van der Waals surface area contributed by atoms with Gasteiger partial charge in [-0.2, -0.15) is 0 Å². The van der Waals surface area contributed by atoms with E-state index in [9.17, 15) is 14.4 Å². The maximum absolute atomic E-state index is 12.5. The summed E-state index contributed by atoms with van der Waals surface area (Å²) in [6.45, 7) is 8.60. The molecule has 0 unspecified atom stereocenters. The van der Waals surface area contributed by atoms with Gasteiger partial charge in [-0.05, 0) is 45.9 Å². The zero-order chi connectivity index (χ0) is 17.4. The number of carbonyl (C=O) groups excluding carboxylic acids is 3. The third-order valence-corrected chi connectivity index (χ3v) is 3.25. The van der Waals surface area contributed by atoms with Crippen LogP contribution >= 0.6 is 0 Å². The van der Waals surface area contributed by atoms with Crippen LogP contribution in [0.25, 0.3) is 0 Å². The average molecular weight is 321 g/mol. The van der Waals surface area contributed by atoms with E-state index in [1.807, 2.05) is 13.8 Å². The van der Waals surface area contributed by atoms with E-state index >= 15 is 0 Å². The van der Waals surface area contributed by atoms with Crippen LogP contribution in [0.3, 0.4) is 0 Å². The molecule has 1 aromatic rings. The largest absolute Gasteiger partial charge is 0.462 e. The summed E-state index contributed by atoms with van der Waals surface area (Å²) in [6, 6.07) is 4.28. The lowest BCUT2D eigenvalue weighted by atomic mass is 10.0. The molecule has 1 aromatic carbocycles. The fourth-order valence-corrected chi connectivity index (χ4v) is 2.11. The number of benzene rings is 1. The van der Waals surface area contributed by atoms with Crippen molar-refractivity contribution in [3.8, 4) is 0 Å². The minimum atomic E-state index is -0.577. The molecule has 1 rings (SSSR count). The van der Waals surface area contributed by atoms with Crippen molar-refractivity contribution in [2.45, 2.75) is 27.7 Å². The molecule has 0 aliphatic carbocycles. The summed E-state index contributed by atoms with van der Waals surface area (Å²) in [5, 5.41) is 0. The number of ether oxygens (including phenoxy) is 2. The van der Waals surface area contributed by atoms with Gasteiger partial charge < -0.3 is 14.4 Å². The SMILES string of the molecule is CCOC(=O)c1cc(C(=O)OCC)cc(C(=O)N(CC)CC)c1. The van der Waals surface area contributed by atoms with Crippen molar-refractivity contribution in [3.63, 3.8) is 0 Å². The predicted molar refractivity (Wildman–Crippen MR) is 85.6 cm³/mol. The molecule has 0 fully saturated rings. The molecule has 23 heavy (non-hydrogen) atoms. The van der Waals surface area contributed by atoms with Gasteiger partial charge in [0.15, 0.2) is 0 Å². The van der Waals surface area contributed by atoms with Gasteiger partial charge in [0, 0.05) is 18.7 Å². The normalized spacial score (nSPS) is 10.1. The second kappa shape index (κ2) is 8.92. The average Bonchev–Trinajstić information content (AvgIpc) is 2.55. The van der Waals surface area contributed by atoms with Crippen LogP contribution in [-0.2, 0) is 9.47 Å². The summed E-state index contributed by atoms with van der Waals surface area (Å²) < 4.78 is 9.91. The van der Waals surface area contributed by atoms with Crippen molar-refractivity contribution in [2.75, 3.05) is 26.3 Å². The third-order valence-electron chi connectivity index (χ3n) is 3.25. The number of carbonyl (C=O) groups is 3. The van der Waals surface area contributed by atoms with E-state index < -0.39 is 11.9 Å². The van der Waals surface area contributed by atoms with Crippen LogP contribution in [0.5, 0.6) is 0 Å². The smallest absolute Gasteiger partial charge is 0.338 e. The highest BCUT2D eigenvalue weighted by molar-refractivity contribution is 6.02. The van der Waals surface area contributed by atoms with E-state index in [1.165, 1.54) is 18.2 Å². The number of rotatable bonds is 7. The number of esters is 2. The number of hydrogen-bond acceptors (Lipinski definition) is 5. The molecule has 6 heteroatoms. The highest BCUT2D eigenvalue weighted by atomic mass is 16.5. The van der Waals surface area contributed by atoms with Gasteiger partial charge in [-0.25, -0.2) is 9.59 Å². The molecule has 6 nitrogen and oxygen atoms in total. The second-order valence-corrected chi connectivity index (χ2v) is 4.72. The monoisotopic (exact) mass is 321 g/mol. The highest BCUT2D eigenvalue weighted by Gasteiger charge is 2.20. The summed E-state index contributed by atoms with van der Waals surface area (Å²) in [5.41, 5.74) is 0.586. The van der Waals surface area contributed by atoms with Gasteiger partial charge in [-0.1, -0.05) is 0 Å². The van der Waals surface area contributed by atoms with E-state index in [-0.39, 0.29) is 35.8 Å². The molecule has 0 aliphatic rings. The number of hydrogen-bond donors (Lipinski definition) is 0. The topological polar surface area (TPSA) is 72.9 Å². The lowest BCUT2D eigenvalue weighted by Crippen LogP contribution is -2.30. The van der Waals surface area contributed by atoms with Gasteiger partial charge in [0.25, 0.3) is 5.91 Å². The standard InChI is InChI=1S/C17H23NO5/c1-5-18(6-2)15(19)12-9-13(16(20)22-7-3)11-14(10-12)17(21)23-8-4/h9-11H,5-8H2,1-4H3. The van der Waals surface area contributed by atoms with Gasteiger partial charge in [0.1, 0.15) is 0 Å². The number of nitrogens with zero attached hydrogens (tertiary/aromatic N) is 1. The molecule has 0 saturated carbocycles. The molecular weight excluding hydrogens is 298 g/mol. The van der Waals surface area contributed by atoms with Crippen LogP contribution in [0.1, 0.15) is 58.8 Å². The Morgan fingerprint density at radius 2 is 1.17 bits per heavy atom. The Balaban J connectivity index is 3.30. The first kappa shape index (κ1) is 18.7. The van der Waals surface area contributed by atoms with Crippen molar-refractivity contribution in [3.05, 3.63) is 34.9 Å². The zero-order valence-corrected chi connectivity index (χ0v) is 14.0. The Morgan fingerprint density at radius 1 is 0.783 bits per heavy atom. The molecule has 0 spiro atoms. The molecule has 1 amide bonds. The summed E-state index contributed by atoms with van der Waals surface area (Å²) in [4.78, 5) is 38.0. The van der Waals surface area contributed by atoms with E-state index in [0.29, 0.717) is 13.1 Å². The molecule has 0 aliphatic heterocycles. The van der Waals surface area contributed by atoms with Crippen LogP contribution in [0.2, 0.25) is 0 Å². The lowest BCUT2D eigenvalue weighted by Gasteiger charge is -2.19. The predicted octanol–water partition coefficient (Wildman–Crippen LogP) is 2.52. The molecule has 0 heterocycles. The maximum atomic E-state index is 12.5. The van der Waals surface area contributed by atoms with Gasteiger partial charge in [-0.3, -0.25) is 4.79 Å². The van der Waals surface area contributed by atoms with Gasteiger partial charge >= 0.3 is 11.9 Å². The van der Waals surface area contributed by atoms with Crippen LogP contribution in [-0.4, -0.2) is 49.0 Å². The van der Waals surface area contributed by atoms with Crippen molar-refractivity contribution in [1.82, 2.24) is 4.90 Å². The Labute approximate surface area is 136 Å². The quantitative estimate of drug-likeness (QED) is 0.722. The Bertz CT molecular complexity index is 542. The van der Waals surface area contributed by atoms with E-state index in [0.717, 1.165) is 0 Å². The highest BCUT2D eigenvalue weighted by Crippen LogP contribution is 2.15. The van der Waals surface area contributed by atoms with Crippen LogP contribution in [0.4, 0.5) is 0 Å². The molecule has 0 atom stereocenters. The van der Waals surface area contributed by atoms with E-state index in [4.69, 9.17) is 9.47 Å². The Morgan fingerprint density at radius 3 is 1.52 bits per heavy atom. The lowest BCUT2D eigenvalue weighted by molar-refractivity contribution is 0.0525. The molecule has 0 N–H and O–H groups in total. The molecular formula is C17H23NO5. The Hall–Kier alpha value is -2.37. The first-order valence-corrected chi connectivity index (χ1v) is 7.76. The number of amides is 1. The van der Waals surface area contributed by atoms with Crippen molar-refractivity contribution >= 4 is 17.8 Å². The fourth-order valence-electron chi connectivity index (χ4n) is 2.11. The molecule has 0 aromatic heterocycles. The van der Waals surface area contributed by atoms with Crippen molar-refractivity contribution in [2.24, 2.45) is 0 Å². The fraction of sp³-hybridized carbons (Fsp3) is 0.471. The minimum Gasteiger partial charge on any atom is -0.462 e. The first-order valence-electron chi connectivity index (χ1n) is 7.76. The second-order valence-electron chi connectivity index (χ2n) is 4.72. The molecule has 0 bridgehead atoms. The van der Waals surface area contributed by atoms with Crippen molar-refractivity contribution < 1.29 is 23.9 Å². The third kappa shape index (κ3) is 4.81. The molecule has 0 saturated heterocycles. The van der Waals surface area contributed by atoms with Crippen LogP contribution in [0, 0.1) is 0 Å². The zero-order valence-electron chi connectivity index (χ0n) is 14.0. The summed E-state index contributed by atoms with van der Waals surface area (Å²) in [6.07, 6.45) is 0. The van der Waals surface area contributed by atoms with Gasteiger partial charge in [0.05, 0.1) is 24.3 Å². The van der Waals surface area contributed by atoms with E-state index in [2.05, 4.69) is 0 Å².